The van der Waals surface area contributed by atoms with Crippen molar-refractivity contribution in [1.29, 1.82) is 0 Å². The summed E-state index contributed by atoms with van der Waals surface area (Å²) in [6, 6.07) is 5.83. The molecule has 102 valence electrons. The number of rotatable bonds is 5. The predicted octanol–water partition coefficient (Wildman–Crippen LogP) is 3.40. The third-order valence-electron chi connectivity index (χ3n) is 2.84. The van der Waals surface area contributed by atoms with E-state index in [0.717, 1.165) is 10.2 Å². The van der Waals surface area contributed by atoms with Crippen molar-refractivity contribution in [3.05, 3.63) is 46.6 Å². The fourth-order valence-electron chi connectivity index (χ4n) is 1.90. The van der Waals surface area contributed by atoms with Crippen LogP contribution < -0.4 is 5.32 Å². The molecule has 4 nitrogen and oxygen atoms in total. The molecule has 0 aromatic carbocycles. The molecule has 1 amide bonds. The van der Waals surface area contributed by atoms with E-state index in [0.29, 0.717) is 18.7 Å². The van der Waals surface area contributed by atoms with Crippen molar-refractivity contribution in [1.82, 2.24) is 9.88 Å². The van der Waals surface area contributed by atoms with E-state index in [9.17, 15) is 4.79 Å². The summed E-state index contributed by atoms with van der Waals surface area (Å²) < 4.78 is 8.09. The summed E-state index contributed by atoms with van der Waals surface area (Å²) >= 11 is 3.40. The number of furan rings is 1. The molecule has 0 spiro atoms. The van der Waals surface area contributed by atoms with Crippen LogP contribution in [0.25, 0.3) is 0 Å². The molecule has 0 atom stereocenters. The summed E-state index contributed by atoms with van der Waals surface area (Å²) in [5.74, 6) is 0.812. The van der Waals surface area contributed by atoms with Crippen molar-refractivity contribution in [3.63, 3.8) is 0 Å². The fraction of sp³-hybridized carbons (Fsp3) is 0.357. The van der Waals surface area contributed by atoms with E-state index in [2.05, 4.69) is 21.2 Å². The lowest BCUT2D eigenvalue weighted by Gasteiger charge is -2.12. The molecule has 19 heavy (non-hydrogen) atoms. The first-order valence-corrected chi connectivity index (χ1v) is 7.05. The number of halogens is 1. The fourth-order valence-corrected chi connectivity index (χ4v) is 2.34. The number of nitrogens with one attached hydrogen (secondary N) is 1. The third kappa shape index (κ3) is 3.50. The molecule has 5 heteroatoms. The van der Waals surface area contributed by atoms with Crippen molar-refractivity contribution < 1.29 is 9.21 Å². The number of hydrogen-bond donors (Lipinski definition) is 1. The average Bonchev–Trinajstić information content (AvgIpc) is 2.98. The van der Waals surface area contributed by atoms with E-state index in [1.165, 1.54) is 0 Å². The Labute approximate surface area is 120 Å². The second-order valence-corrected chi connectivity index (χ2v) is 5.55. The first-order valence-electron chi connectivity index (χ1n) is 6.26. The van der Waals surface area contributed by atoms with Gasteiger partial charge >= 0.3 is 0 Å². The van der Waals surface area contributed by atoms with Crippen LogP contribution in [0, 0.1) is 0 Å². The Morgan fingerprint density at radius 2 is 2.32 bits per heavy atom. The Bertz CT molecular complexity index is 544. The number of amides is 1. The zero-order valence-corrected chi connectivity index (χ0v) is 12.6. The number of hydrogen-bond acceptors (Lipinski definition) is 2. The van der Waals surface area contributed by atoms with Gasteiger partial charge in [-0.2, -0.15) is 0 Å². The van der Waals surface area contributed by atoms with Gasteiger partial charge in [0, 0.05) is 29.7 Å². The van der Waals surface area contributed by atoms with Crippen molar-refractivity contribution in [2.75, 3.05) is 6.54 Å². The van der Waals surface area contributed by atoms with Crippen molar-refractivity contribution >= 4 is 21.8 Å². The van der Waals surface area contributed by atoms with Crippen molar-refractivity contribution in [2.24, 2.45) is 0 Å². The summed E-state index contributed by atoms with van der Waals surface area (Å²) in [6.07, 6.45) is 4.26. The minimum atomic E-state index is -0.0639. The van der Waals surface area contributed by atoms with Gasteiger partial charge in [0.05, 0.1) is 6.26 Å². The van der Waals surface area contributed by atoms with E-state index in [1.807, 2.05) is 42.8 Å². The highest BCUT2D eigenvalue weighted by molar-refractivity contribution is 9.10. The molecule has 0 aliphatic rings. The summed E-state index contributed by atoms with van der Waals surface area (Å²) in [6.45, 7) is 4.66. The Morgan fingerprint density at radius 3 is 2.95 bits per heavy atom. The van der Waals surface area contributed by atoms with Crippen LogP contribution in [0.4, 0.5) is 0 Å². The maximum atomic E-state index is 12.1. The minimum Gasteiger partial charge on any atom is -0.469 e. The monoisotopic (exact) mass is 324 g/mol. The molecule has 0 fully saturated rings. The van der Waals surface area contributed by atoms with E-state index in [-0.39, 0.29) is 11.9 Å². The van der Waals surface area contributed by atoms with Crippen LogP contribution in [0.15, 0.2) is 39.5 Å². The predicted molar refractivity (Wildman–Crippen MR) is 77.3 cm³/mol. The van der Waals surface area contributed by atoms with Gasteiger partial charge in [0.25, 0.3) is 5.91 Å². The molecule has 0 saturated carbocycles. The standard InChI is InChI=1S/C14H17BrN2O2/c1-10(2)17-9-11(15)8-13(17)14(18)16-6-5-12-4-3-7-19-12/h3-4,7-10H,5-6H2,1-2H3,(H,16,18). The van der Waals surface area contributed by atoms with E-state index in [1.54, 1.807) is 6.26 Å². The van der Waals surface area contributed by atoms with Crippen LogP contribution in [0.3, 0.4) is 0 Å². The van der Waals surface area contributed by atoms with Gasteiger partial charge < -0.3 is 14.3 Å². The molecule has 0 aliphatic carbocycles. The van der Waals surface area contributed by atoms with Crippen LogP contribution >= 0.6 is 15.9 Å². The van der Waals surface area contributed by atoms with Crippen LogP contribution in [0.1, 0.15) is 36.1 Å². The second kappa shape index (κ2) is 6.10. The Hall–Kier alpha value is -1.49. The topological polar surface area (TPSA) is 47.2 Å². The molecule has 0 radical (unpaired) electrons. The number of carbonyl (C=O) groups excluding carboxylic acids is 1. The first kappa shape index (κ1) is 13.9. The van der Waals surface area contributed by atoms with E-state index >= 15 is 0 Å². The lowest BCUT2D eigenvalue weighted by molar-refractivity contribution is 0.0943. The van der Waals surface area contributed by atoms with Gasteiger partial charge in [0.2, 0.25) is 0 Å². The number of nitrogens with zero attached hydrogens (tertiary/aromatic N) is 1. The molecule has 0 aliphatic heterocycles. The van der Waals surface area contributed by atoms with Gasteiger partial charge in [0.1, 0.15) is 11.5 Å². The highest BCUT2D eigenvalue weighted by Crippen LogP contribution is 2.19. The van der Waals surface area contributed by atoms with Crippen LogP contribution in [-0.2, 0) is 6.42 Å². The maximum absolute atomic E-state index is 12.1. The molecule has 1 N–H and O–H groups in total. The molecular weight excluding hydrogens is 308 g/mol. The van der Waals surface area contributed by atoms with Crippen LogP contribution in [0.5, 0.6) is 0 Å². The van der Waals surface area contributed by atoms with Crippen molar-refractivity contribution in [3.8, 4) is 0 Å². The molecule has 2 rings (SSSR count). The highest BCUT2D eigenvalue weighted by Gasteiger charge is 2.14. The zero-order chi connectivity index (χ0) is 13.8. The minimum absolute atomic E-state index is 0.0639. The van der Waals surface area contributed by atoms with Gasteiger partial charge in [-0.15, -0.1) is 0 Å². The summed E-state index contributed by atoms with van der Waals surface area (Å²) in [5.41, 5.74) is 0.668. The third-order valence-corrected chi connectivity index (χ3v) is 3.27. The summed E-state index contributed by atoms with van der Waals surface area (Å²) in [4.78, 5) is 12.1. The summed E-state index contributed by atoms with van der Waals surface area (Å²) in [5, 5.41) is 2.91. The molecule has 2 heterocycles. The van der Waals surface area contributed by atoms with Crippen molar-refractivity contribution in [2.45, 2.75) is 26.3 Å². The Kier molecular flexibility index (Phi) is 4.47. The quantitative estimate of drug-likeness (QED) is 0.916. The molecule has 2 aromatic rings. The Balaban J connectivity index is 1.96. The molecule has 0 saturated heterocycles. The smallest absolute Gasteiger partial charge is 0.267 e. The number of aromatic nitrogens is 1. The second-order valence-electron chi connectivity index (χ2n) is 4.63. The Morgan fingerprint density at radius 1 is 1.53 bits per heavy atom. The summed E-state index contributed by atoms with van der Waals surface area (Å²) in [7, 11) is 0. The van der Waals surface area contributed by atoms with Gasteiger partial charge in [-0.1, -0.05) is 0 Å². The van der Waals surface area contributed by atoms with Gasteiger partial charge in [-0.25, -0.2) is 0 Å². The van der Waals surface area contributed by atoms with Gasteiger partial charge in [-0.05, 0) is 48.0 Å². The van der Waals surface area contributed by atoms with E-state index < -0.39 is 0 Å². The number of carbonyl (C=O) groups is 1. The normalized spacial score (nSPS) is 10.9. The van der Waals surface area contributed by atoms with Crippen LogP contribution in [-0.4, -0.2) is 17.0 Å². The largest absolute Gasteiger partial charge is 0.469 e. The zero-order valence-electron chi connectivity index (χ0n) is 11.0. The molecule has 0 unspecified atom stereocenters. The molecule has 0 bridgehead atoms. The van der Waals surface area contributed by atoms with Gasteiger partial charge in [-0.3, -0.25) is 4.79 Å². The molecule has 2 aromatic heterocycles. The maximum Gasteiger partial charge on any atom is 0.267 e. The molecular formula is C14H17BrN2O2. The average molecular weight is 325 g/mol. The van der Waals surface area contributed by atoms with Gasteiger partial charge in [0.15, 0.2) is 0 Å². The van der Waals surface area contributed by atoms with Crippen LogP contribution in [0.2, 0.25) is 0 Å². The lowest BCUT2D eigenvalue weighted by atomic mass is 10.3. The highest BCUT2D eigenvalue weighted by atomic mass is 79.9. The lowest BCUT2D eigenvalue weighted by Crippen LogP contribution is -2.28. The SMILES string of the molecule is CC(C)n1cc(Br)cc1C(=O)NCCc1ccco1. The first-order chi connectivity index (χ1) is 9.08. The van der Waals surface area contributed by atoms with E-state index in [4.69, 9.17) is 4.42 Å².